The fraction of sp³-hybridized carbons (Fsp3) is 0.174. The molecule has 0 bridgehead atoms. The van der Waals surface area contributed by atoms with Gasteiger partial charge in [-0.25, -0.2) is 0 Å². The molecule has 26 heavy (non-hydrogen) atoms. The van der Waals surface area contributed by atoms with Crippen molar-refractivity contribution >= 4 is 28.6 Å². The van der Waals surface area contributed by atoms with E-state index in [1.165, 1.54) is 7.11 Å². The maximum atomic E-state index is 13.1. The van der Waals surface area contributed by atoms with Crippen molar-refractivity contribution in [3.8, 4) is 0 Å². The third-order valence-corrected chi connectivity index (χ3v) is 6.26. The Bertz CT molecular complexity index is 880. The first-order valence-electron chi connectivity index (χ1n) is 8.61. The summed E-state index contributed by atoms with van der Waals surface area (Å²) in [6.45, 7) is 0. The minimum absolute atomic E-state index is 0.175. The molecule has 0 saturated heterocycles. The summed E-state index contributed by atoms with van der Waals surface area (Å²) in [7, 11) is 1.48. The second-order valence-corrected chi connectivity index (χ2v) is 7.96. The smallest absolute Gasteiger partial charge is 0.317 e. The maximum Gasteiger partial charge on any atom is 0.317 e. The number of methoxy groups -OCH3 is 1. The zero-order chi connectivity index (χ0) is 18.2. The van der Waals surface area contributed by atoms with E-state index in [0.29, 0.717) is 6.42 Å². The van der Waals surface area contributed by atoms with E-state index in [2.05, 4.69) is 71.1 Å². The minimum atomic E-state index is -0.700. The molecule has 1 atom stereocenters. The second kappa shape index (κ2) is 6.54. The molecule has 0 heterocycles. The van der Waals surface area contributed by atoms with Gasteiger partial charge in [-0.1, -0.05) is 72.8 Å². The van der Waals surface area contributed by atoms with Crippen molar-refractivity contribution in [1.82, 2.24) is 0 Å². The van der Waals surface area contributed by atoms with Crippen LogP contribution < -0.4 is 0 Å². The van der Waals surface area contributed by atoms with Gasteiger partial charge in [-0.3, -0.25) is 4.79 Å². The first kappa shape index (κ1) is 17.3. The molecule has 3 aromatic rings. The van der Waals surface area contributed by atoms with Crippen LogP contribution >= 0.6 is 22.6 Å². The summed E-state index contributed by atoms with van der Waals surface area (Å²) in [5.74, 6) is -0.175. The maximum absolute atomic E-state index is 13.1. The SMILES string of the molecule is COC(=O)[C@]1(c2ccc(I)cc2)CC1(c1ccccc1)c1ccccc1. The number of hydrogen-bond donors (Lipinski definition) is 0. The van der Waals surface area contributed by atoms with Crippen molar-refractivity contribution in [2.24, 2.45) is 0 Å². The summed E-state index contributed by atoms with van der Waals surface area (Å²) in [6.07, 6.45) is 0.710. The number of benzene rings is 3. The molecule has 0 aromatic heterocycles. The van der Waals surface area contributed by atoms with Crippen molar-refractivity contribution < 1.29 is 9.53 Å². The fourth-order valence-corrected chi connectivity index (χ4v) is 4.64. The molecule has 0 unspecified atom stereocenters. The number of ether oxygens (including phenoxy) is 1. The molecule has 130 valence electrons. The van der Waals surface area contributed by atoms with Gasteiger partial charge in [-0.05, 0) is 57.8 Å². The van der Waals surface area contributed by atoms with Gasteiger partial charge >= 0.3 is 5.97 Å². The summed E-state index contributed by atoms with van der Waals surface area (Å²) in [6, 6.07) is 28.9. The van der Waals surface area contributed by atoms with E-state index in [-0.39, 0.29) is 5.97 Å². The van der Waals surface area contributed by atoms with Crippen LogP contribution in [0, 0.1) is 3.57 Å². The first-order chi connectivity index (χ1) is 12.6. The van der Waals surface area contributed by atoms with Crippen LogP contribution in [0.15, 0.2) is 84.9 Å². The van der Waals surface area contributed by atoms with Crippen LogP contribution in [-0.2, 0) is 20.4 Å². The molecule has 0 radical (unpaired) electrons. The van der Waals surface area contributed by atoms with Crippen LogP contribution in [0.2, 0.25) is 0 Å². The molecule has 1 aliphatic carbocycles. The lowest BCUT2D eigenvalue weighted by Gasteiger charge is -2.26. The van der Waals surface area contributed by atoms with Gasteiger partial charge in [0.05, 0.1) is 7.11 Å². The number of halogens is 1. The molecule has 0 N–H and O–H groups in total. The Hall–Kier alpha value is -2.14. The van der Waals surface area contributed by atoms with Gasteiger partial charge < -0.3 is 4.74 Å². The predicted octanol–water partition coefficient (Wildman–Crippen LogP) is 5.09. The van der Waals surface area contributed by atoms with Crippen LogP contribution in [0.3, 0.4) is 0 Å². The first-order valence-corrected chi connectivity index (χ1v) is 9.68. The summed E-state index contributed by atoms with van der Waals surface area (Å²) < 4.78 is 6.47. The lowest BCUT2D eigenvalue weighted by molar-refractivity contribution is -0.144. The predicted molar refractivity (Wildman–Crippen MR) is 111 cm³/mol. The molecule has 1 fully saturated rings. The van der Waals surface area contributed by atoms with Gasteiger partial charge in [-0.15, -0.1) is 0 Å². The standard InChI is InChI=1S/C23H19IO2/c1-26-21(25)23(19-12-14-20(24)15-13-19)16-22(23,17-8-4-2-5-9-17)18-10-6-3-7-11-18/h2-15H,16H2,1H3/t23-/m1/s1. The highest BCUT2D eigenvalue weighted by molar-refractivity contribution is 14.1. The van der Waals surface area contributed by atoms with Crippen molar-refractivity contribution in [2.75, 3.05) is 7.11 Å². The van der Waals surface area contributed by atoms with Gasteiger partial charge in [0.25, 0.3) is 0 Å². The van der Waals surface area contributed by atoms with Gasteiger partial charge in [0, 0.05) is 8.99 Å². The third kappa shape index (κ3) is 2.41. The van der Waals surface area contributed by atoms with Crippen LogP contribution in [0.1, 0.15) is 23.1 Å². The van der Waals surface area contributed by atoms with Crippen LogP contribution in [-0.4, -0.2) is 13.1 Å². The molecule has 4 rings (SSSR count). The highest BCUT2D eigenvalue weighted by Gasteiger charge is 2.74. The highest BCUT2D eigenvalue weighted by atomic mass is 127. The zero-order valence-electron chi connectivity index (χ0n) is 14.5. The molecule has 3 heteroatoms. The van der Waals surface area contributed by atoms with Gasteiger partial charge in [0.15, 0.2) is 0 Å². The number of hydrogen-bond acceptors (Lipinski definition) is 2. The van der Waals surface area contributed by atoms with E-state index in [1.54, 1.807) is 0 Å². The monoisotopic (exact) mass is 454 g/mol. The Morgan fingerprint density at radius 1 is 0.808 bits per heavy atom. The van der Waals surface area contributed by atoms with E-state index in [9.17, 15) is 4.79 Å². The topological polar surface area (TPSA) is 26.3 Å². The molecule has 3 aromatic carbocycles. The Kier molecular flexibility index (Phi) is 4.35. The summed E-state index contributed by atoms with van der Waals surface area (Å²) in [5, 5.41) is 0. The fourth-order valence-electron chi connectivity index (χ4n) is 4.28. The molecule has 1 aliphatic rings. The molecule has 0 aliphatic heterocycles. The Morgan fingerprint density at radius 3 is 1.77 bits per heavy atom. The van der Waals surface area contributed by atoms with Gasteiger partial charge in [0.1, 0.15) is 5.41 Å². The summed E-state index contributed by atoms with van der Waals surface area (Å²) >= 11 is 2.29. The van der Waals surface area contributed by atoms with Crippen LogP contribution in [0.5, 0.6) is 0 Å². The normalized spacial score (nSPS) is 20.4. The second-order valence-electron chi connectivity index (χ2n) is 6.72. The average molecular weight is 454 g/mol. The van der Waals surface area contributed by atoms with E-state index in [4.69, 9.17) is 4.74 Å². The molecule has 0 amide bonds. The van der Waals surface area contributed by atoms with Crippen molar-refractivity contribution in [3.05, 3.63) is 105 Å². The van der Waals surface area contributed by atoms with E-state index in [1.807, 2.05) is 36.4 Å². The van der Waals surface area contributed by atoms with E-state index in [0.717, 1.165) is 20.3 Å². The summed E-state index contributed by atoms with van der Waals surface area (Å²) in [5.41, 5.74) is 2.20. The third-order valence-electron chi connectivity index (χ3n) is 5.54. The highest BCUT2D eigenvalue weighted by Crippen LogP contribution is 2.69. The van der Waals surface area contributed by atoms with Gasteiger partial charge in [0.2, 0.25) is 0 Å². The van der Waals surface area contributed by atoms with Crippen molar-refractivity contribution in [3.63, 3.8) is 0 Å². The largest absolute Gasteiger partial charge is 0.468 e. The van der Waals surface area contributed by atoms with Crippen molar-refractivity contribution in [2.45, 2.75) is 17.3 Å². The van der Waals surface area contributed by atoms with Crippen LogP contribution in [0.4, 0.5) is 0 Å². The number of esters is 1. The molecule has 2 nitrogen and oxygen atoms in total. The van der Waals surface area contributed by atoms with E-state index < -0.39 is 10.8 Å². The Morgan fingerprint density at radius 2 is 1.31 bits per heavy atom. The Labute approximate surface area is 167 Å². The van der Waals surface area contributed by atoms with Crippen LogP contribution in [0.25, 0.3) is 0 Å². The summed E-state index contributed by atoms with van der Waals surface area (Å²) in [4.78, 5) is 13.1. The Balaban J connectivity index is 1.98. The number of carbonyl (C=O) groups excluding carboxylic acids is 1. The lowest BCUT2D eigenvalue weighted by Crippen LogP contribution is -2.32. The lowest BCUT2D eigenvalue weighted by atomic mass is 9.77. The van der Waals surface area contributed by atoms with Crippen molar-refractivity contribution in [1.29, 1.82) is 0 Å². The van der Waals surface area contributed by atoms with E-state index >= 15 is 0 Å². The number of carbonyl (C=O) groups is 1. The quantitative estimate of drug-likeness (QED) is 0.406. The average Bonchev–Trinajstić information content (AvgIpc) is 3.42. The molecular formula is C23H19IO2. The minimum Gasteiger partial charge on any atom is -0.468 e. The molecule has 1 saturated carbocycles. The molecular weight excluding hydrogens is 435 g/mol. The zero-order valence-corrected chi connectivity index (χ0v) is 16.6. The van der Waals surface area contributed by atoms with Gasteiger partial charge in [-0.2, -0.15) is 0 Å². The molecule has 0 spiro atoms. The number of rotatable bonds is 4.